The Balaban J connectivity index is 1.74. The Morgan fingerprint density at radius 1 is 1.35 bits per heavy atom. The molecule has 0 aromatic carbocycles. The van der Waals surface area contributed by atoms with Crippen LogP contribution in [0.5, 0.6) is 0 Å². The standard InChI is InChI=1S/C11H17ClN2O3S3/c12-8-6-20(16,17)7-9(8)13-10(15)5-19-11(18)14-3-1-2-4-14/h8-9H,1-7H2,(H,13,15)/t8-,9-/m1/s1. The fraction of sp³-hybridized carbons (Fsp3) is 0.818. The zero-order valence-electron chi connectivity index (χ0n) is 10.9. The predicted molar refractivity (Wildman–Crippen MR) is 86.1 cm³/mol. The Kier molecular flexibility index (Phi) is 5.56. The molecule has 2 fully saturated rings. The highest BCUT2D eigenvalue weighted by Gasteiger charge is 2.37. The topological polar surface area (TPSA) is 66.5 Å². The molecule has 0 spiro atoms. The maximum atomic E-state index is 11.8. The Hall–Kier alpha value is -0.0500. The molecule has 0 saturated carbocycles. The van der Waals surface area contributed by atoms with Gasteiger partial charge in [-0.2, -0.15) is 0 Å². The van der Waals surface area contributed by atoms with Crippen LogP contribution in [0.25, 0.3) is 0 Å². The first-order chi connectivity index (χ1) is 9.37. The maximum Gasteiger partial charge on any atom is 0.230 e. The van der Waals surface area contributed by atoms with Crippen molar-refractivity contribution in [2.24, 2.45) is 0 Å². The summed E-state index contributed by atoms with van der Waals surface area (Å²) in [7, 11) is -3.12. The average molecular weight is 357 g/mol. The number of sulfone groups is 1. The number of thioether (sulfide) groups is 1. The monoisotopic (exact) mass is 356 g/mol. The van der Waals surface area contributed by atoms with Crippen molar-refractivity contribution in [3.63, 3.8) is 0 Å². The van der Waals surface area contributed by atoms with E-state index in [4.69, 9.17) is 23.8 Å². The lowest BCUT2D eigenvalue weighted by Crippen LogP contribution is -2.41. The van der Waals surface area contributed by atoms with E-state index in [0.717, 1.165) is 30.3 Å². The van der Waals surface area contributed by atoms with E-state index in [-0.39, 0.29) is 23.2 Å². The number of hydrogen-bond acceptors (Lipinski definition) is 5. The van der Waals surface area contributed by atoms with Gasteiger partial charge in [0.15, 0.2) is 9.84 Å². The van der Waals surface area contributed by atoms with Crippen LogP contribution in [-0.2, 0) is 14.6 Å². The predicted octanol–water partition coefficient (Wildman–Crippen LogP) is 0.621. The molecule has 1 amide bonds. The molecule has 2 saturated heterocycles. The van der Waals surface area contributed by atoms with Crippen LogP contribution in [0.15, 0.2) is 0 Å². The SMILES string of the molecule is O=C(CSC(=S)N1CCCC1)N[C@@H]1CS(=O)(=O)C[C@H]1Cl. The highest BCUT2D eigenvalue weighted by molar-refractivity contribution is 8.23. The molecule has 0 bridgehead atoms. The molecule has 5 nitrogen and oxygen atoms in total. The summed E-state index contributed by atoms with van der Waals surface area (Å²) in [5, 5.41) is 2.14. The minimum Gasteiger partial charge on any atom is -0.358 e. The first-order valence-corrected chi connectivity index (χ1v) is 10.1. The molecule has 20 heavy (non-hydrogen) atoms. The number of carbonyl (C=O) groups is 1. The van der Waals surface area contributed by atoms with Gasteiger partial charge >= 0.3 is 0 Å². The molecule has 0 aliphatic carbocycles. The number of likely N-dealkylation sites (tertiary alicyclic amines) is 1. The van der Waals surface area contributed by atoms with Crippen molar-refractivity contribution in [3.05, 3.63) is 0 Å². The molecular weight excluding hydrogens is 340 g/mol. The van der Waals surface area contributed by atoms with Gasteiger partial charge in [0, 0.05) is 13.1 Å². The number of halogens is 1. The fourth-order valence-corrected chi connectivity index (χ4v) is 5.92. The molecule has 114 valence electrons. The quantitative estimate of drug-likeness (QED) is 0.590. The smallest absolute Gasteiger partial charge is 0.230 e. The van der Waals surface area contributed by atoms with E-state index in [2.05, 4.69) is 10.2 Å². The molecule has 0 radical (unpaired) electrons. The van der Waals surface area contributed by atoms with E-state index in [1.54, 1.807) is 0 Å². The van der Waals surface area contributed by atoms with E-state index in [1.165, 1.54) is 11.8 Å². The van der Waals surface area contributed by atoms with E-state index in [0.29, 0.717) is 0 Å². The van der Waals surface area contributed by atoms with Gasteiger partial charge in [-0.05, 0) is 12.8 Å². The summed E-state index contributed by atoms with van der Waals surface area (Å²) >= 11 is 12.5. The number of rotatable bonds is 3. The van der Waals surface area contributed by atoms with Gasteiger partial charge in [-0.25, -0.2) is 8.42 Å². The largest absolute Gasteiger partial charge is 0.358 e. The first-order valence-electron chi connectivity index (χ1n) is 6.43. The van der Waals surface area contributed by atoms with E-state index >= 15 is 0 Å². The van der Waals surface area contributed by atoms with Gasteiger partial charge in [-0.3, -0.25) is 4.79 Å². The van der Waals surface area contributed by atoms with Crippen molar-refractivity contribution in [2.45, 2.75) is 24.3 Å². The summed E-state index contributed by atoms with van der Waals surface area (Å²) in [6.07, 6.45) is 2.28. The van der Waals surface area contributed by atoms with Gasteiger partial charge in [0.2, 0.25) is 5.91 Å². The fourth-order valence-electron chi connectivity index (χ4n) is 2.30. The number of nitrogens with one attached hydrogen (secondary N) is 1. The number of hydrogen-bond donors (Lipinski definition) is 1. The van der Waals surface area contributed by atoms with Crippen molar-refractivity contribution in [1.29, 1.82) is 0 Å². The summed E-state index contributed by atoms with van der Waals surface area (Å²) in [5.41, 5.74) is 0. The van der Waals surface area contributed by atoms with Crippen LogP contribution in [0.1, 0.15) is 12.8 Å². The van der Waals surface area contributed by atoms with Crippen molar-refractivity contribution in [3.8, 4) is 0 Å². The van der Waals surface area contributed by atoms with E-state index in [1.807, 2.05) is 0 Å². The number of amides is 1. The van der Waals surface area contributed by atoms with Crippen LogP contribution in [0.2, 0.25) is 0 Å². The lowest BCUT2D eigenvalue weighted by atomic mass is 10.2. The second-order valence-corrected chi connectivity index (χ2v) is 9.34. The van der Waals surface area contributed by atoms with Gasteiger partial charge in [-0.15, -0.1) is 11.6 Å². The minimum absolute atomic E-state index is 0.0706. The zero-order chi connectivity index (χ0) is 14.8. The lowest BCUT2D eigenvalue weighted by molar-refractivity contribution is -0.119. The Morgan fingerprint density at radius 2 is 2.00 bits per heavy atom. The highest BCUT2D eigenvalue weighted by Crippen LogP contribution is 2.19. The highest BCUT2D eigenvalue weighted by atomic mass is 35.5. The summed E-state index contributed by atoms with van der Waals surface area (Å²) in [6, 6.07) is -0.491. The van der Waals surface area contributed by atoms with Gasteiger partial charge in [0.1, 0.15) is 4.32 Å². The molecule has 2 heterocycles. The minimum atomic E-state index is -3.12. The van der Waals surface area contributed by atoms with Crippen molar-refractivity contribution in [1.82, 2.24) is 10.2 Å². The maximum absolute atomic E-state index is 11.8. The van der Waals surface area contributed by atoms with Crippen LogP contribution < -0.4 is 5.32 Å². The molecule has 9 heteroatoms. The Morgan fingerprint density at radius 3 is 2.55 bits per heavy atom. The van der Waals surface area contributed by atoms with Gasteiger partial charge in [-0.1, -0.05) is 24.0 Å². The molecule has 0 aromatic rings. The molecule has 2 aliphatic heterocycles. The van der Waals surface area contributed by atoms with Crippen LogP contribution in [0.4, 0.5) is 0 Å². The van der Waals surface area contributed by atoms with Crippen molar-refractivity contribution >= 4 is 55.6 Å². The molecule has 2 atom stereocenters. The van der Waals surface area contributed by atoms with Gasteiger partial charge < -0.3 is 10.2 Å². The zero-order valence-corrected chi connectivity index (χ0v) is 14.1. The third-order valence-corrected chi connectivity index (χ3v) is 7.22. The second kappa shape index (κ2) is 6.81. The summed E-state index contributed by atoms with van der Waals surface area (Å²) in [4.78, 5) is 13.9. The Bertz CT molecular complexity index is 491. The third kappa shape index (κ3) is 4.47. The van der Waals surface area contributed by atoms with E-state index < -0.39 is 21.3 Å². The van der Waals surface area contributed by atoms with Gasteiger partial charge in [0.05, 0.1) is 28.7 Å². The summed E-state index contributed by atoms with van der Waals surface area (Å²) < 4.78 is 23.5. The number of alkyl halides is 1. The molecular formula is C11H17ClN2O3S3. The molecule has 2 aliphatic rings. The van der Waals surface area contributed by atoms with Crippen molar-refractivity contribution < 1.29 is 13.2 Å². The Labute approximate surface area is 133 Å². The molecule has 0 unspecified atom stereocenters. The van der Waals surface area contributed by atoms with Gasteiger partial charge in [0.25, 0.3) is 0 Å². The van der Waals surface area contributed by atoms with Crippen LogP contribution in [0, 0.1) is 0 Å². The van der Waals surface area contributed by atoms with Crippen LogP contribution >= 0.6 is 35.6 Å². The number of carbonyl (C=O) groups excluding carboxylic acids is 1. The van der Waals surface area contributed by atoms with Crippen LogP contribution in [0.3, 0.4) is 0 Å². The van der Waals surface area contributed by atoms with Crippen LogP contribution in [-0.4, -0.2) is 65.3 Å². The molecule has 2 rings (SSSR count). The normalized spacial score (nSPS) is 28.6. The summed E-state index contributed by atoms with van der Waals surface area (Å²) in [5.74, 6) is -0.160. The third-order valence-electron chi connectivity index (χ3n) is 3.32. The number of thiocarbonyl (C=S) groups is 1. The average Bonchev–Trinajstić information content (AvgIpc) is 2.95. The lowest BCUT2D eigenvalue weighted by Gasteiger charge is -2.18. The molecule has 1 N–H and O–H groups in total. The molecule has 0 aromatic heterocycles. The number of nitrogens with zero attached hydrogens (tertiary/aromatic N) is 1. The van der Waals surface area contributed by atoms with Crippen molar-refractivity contribution in [2.75, 3.05) is 30.3 Å². The summed E-state index contributed by atoms with van der Waals surface area (Å²) in [6.45, 7) is 1.91. The van der Waals surface area contributed by atoms with E-state index in [9.17, 15) is 13.2 Å². The first kappa shape index (κ1) is 16.3. The second-order valence-electron chi connectivity index (χ2n) is 5.02.